The van der Waals surface area contributed by atoms with Gasteiger partial charge in [0.2, 0.25) is 5.95 Å². The van der Waals surface area contributed by atoms with Gasteiger partial charge in [0, 0.05) is 35.1 Å². The lowest BCUT2D eigenvalue weighted by molar-refractivity contribution is 0.0966. The molecular weight excluding hydrogens is 352 g/mol. The van der Waals surface area contributed by atoms with E-state index in [4.69, 9.17) is 0 Å². The minimum absolute atomic E-state index is 0.0316. The summed E-state index contributed by atoms with van der Waals surface area (Å²) in [6.07, 6.45) is 1.78. The lowest BCUT2D eigenvalue weighted by atomic mass is 10.1. The number of hydrogen-bond donors (Lipinski definition) is 3. The molecule has 1 aliphatic rings. The van der Waals surface area contributed by atoms with Crippen LogP contribution in [0.4, 0.5) is 11.6 Å². The van der Waals surface area contributed by atoms with E-state index in [9.17, 15) is 4.79 Å². The third-order valence-corrected chi connectivity index (χ3v) is 4.65. The highest BCUT2D eigenvalue weighted by atomic mass is 16.1. The number of pyridine rings is 1. The van der Waals surface area contributed by atoms with Crippen molar-refractivity contribution in [1.82, 2.24) is 25.5 Å². The van der Waals surface area contributed by atoms with E-state index in [0.717, 1.165) is 28.1 Å². The molecule has 28 heavy (non-hydrogen) atoms. The summed E-state index contributed by atoms with van der Waals surface area (Å²) in [5.74, 6) is 1.12. The summed E-state index contributed by atoms with van der Waals surface area (Å²) in [6, 6.07) is 19.4. The van der Waals surface area contributed by atoms with Crippen LogP contribution in [0.15, 0.2) is 66.9 Å². The highest BCUT2D eigenvalue weighted by Gasteiger charge is 2.18. The highest BCUT2D eigenvalue weighted by Crippen LogP contribution is 2.24. The first-order chi connectivity index (χ1) is 13.8. The standard InChI is InChI=1S/C21H16N6O/c28-20-17-9-8-16(11-15(17)12-23-20)24-21-25-19(26-27-21)14-6-4-13(5-7-14)18-3-1-2-10-22-18/h1-11H,12H2,(H,23,28)(H2,24,25,26,27). The summed E-state index contributed by atoms with van der Waals surface area (Å²) in [5.41, 5.74) is 5.43. The van der Waals surface area contributed by atoms with Gasteiger partial charge in [-0.1, -0.05) is 30.3 Å². The van der Waals surface area contributed by atoms with Gasteiger partial charge in [-0.15, -0.1) is 5.10 Å². The summed E-state index contributed by atoms with van der Waals surface area (Å²) in [5, 5.41) is 13.2. The molecule has 136 valence electrons. The lowest BCUT2D eigenvalue weighted by Gasteiger charge is -2.03. The smallest absolute Gasteiger partial charge is 0.251 e. The number of rotatable bonds is 4. The maximum absolute atomic E-state index is 11.6. The van der Waals surface area contributed by atoms with E-state index in [2.05, 4.69) is 30.8 Å². The van der Waals surface area contributed by atoms with Gasteiger partial charge < -0.3 is 10.6 Å². The van der Waals surface area contributed by atoms with Gasteiger partial charge in [-0.2, -0.15) is 4.98 Å². The number of anilines is 2. The average Bonchev–Trinajstić information content (AvgIpc) is 3.36. The molecule has 1 amide bonds. The Hall–Kier alpha value is -4.00. The van der Waals surface area contributed by atoms with E-state index in [1.807, 2.05) is 60.7 Å². The molecule has 1 aliphatic heterocycles. The molecule has 7 nitrogen and oxygen atoms in total. The minimum atomic E-state index is -0.0316. The second-order valence-electron chi connectivity index (χ2n) is 6.48. The molecule has 0 aliphatic carbocycles. The molecule has 3 N–H and O–H groups in total. The molecule has 0 unspecified atom stereocenters. The van der Waals surface area contributed by atoms with E-state index < -0.39 is 0 Å². The van der Waals surface area contributed by atoms with E-state index in [-0.39, 0.29) is 5.91 Å². The molecule has 0 fully saturated rings. The Balaban J connectivity index is 1.34. The number of hydrogen-bond acceptors (Lipinski definition) is 5. The number of carbonyl (C=O) groups is 1. The second-order valence-corrected chi connectivity index (χ2v) is 6.48. The maximum Gasteiger partial charge on any atom is 0.251 e. The third kappa shape index (κ3) is 2.99. The van der Waals surface area contributed by atoms with Crippen molar-refractivity contribution >= 4 is 17.5 Å². The van der Waals surface area contributed by atoms with Crippen LogP contribution in [0.2, 0.25) is 0 Å². The van der Waals surface area contributed by atoms with Crippen molar-refractivity contribution in [3.8, 4) is 22.6 Å². The molecule has 0 spiro atoms. The van der Waals surface area contributed by atoms with Crippen LogP contribution in [0.3, 0.4) is 0 Å². The van der Waals surface area contributed by atoms with Gasteiger partial charge in [0.15, 0.2) is 5.82 Å². The average molecular weight is 368 g/mol. The number of aromatic amines is 1. The van der Waals surface area contributed by atoms with Crippen molar-refractivity contribution < 1.29 is 4.79 Å². The fourth-order valence-corrected chi connectivity index (χ4v) is 3.22. The van der Waals surface area contributed by atoms with E-state index in [1.54, 1.807) is 6.20 Å². The van der Waals surface area contributed by atoms with Gasteiger partial charge in [0.05, 0.1) is 5.69 Å². The molecule has 0 bridgehead atoms. The number of amides is 1. The van der Waals surface area contributed by atoms with Gasteiger partial charge in [0.25, 0.3) is 5.91 Å². The van der Waals surface area contributed by atoms with Crippen LogP contribution in [0.5, 0.6) is 0 Å². The van der Waals surface area contributed by atoms with E-state index in [0.29, 0.717) is 23.9 Å². The number of carbonyl (C=O) groups excluding carboxylic acids is 1. The summed E-state index contributed by atoms with van der Waals surface area (Å²) >= 11 is 0. The number of H-pyrrole nitrogens is 1. The highest BCUT2D eigenvalue weighted by molar-refractivity contribution is 5.98. The summed E-state index contributed by atoms with van der Waals surface area (Å²) in [6.45, 7) is 0.547. The normalized spacial score (nSPS) is 12.5. The zero-order valence-electron chi connectivity index (χ0n) is 14.8. The van der Waals surface area contributed by atoms with Gasteiger partial charge in [0.1, 0.15) is 0 Å². The number of nitrogens with one attached hydrogen (secondary N) is 3. The van der Waals surface area contributed by atoms with Crippen LogP contribution in [-0.2, 0) is 6.54 Å². The van der Waals surface area contributed by atoms with Gasteiger partial charge in [-0.05, 0) is 35.9 Å². The van der Waals surface area contributed by atoms with Crippen LogP contribution in [0.25, 0.3) is 22.6 Å². The number of benzene rings is 2. The molecule has 7 heteroatoms. The van der Waals surface area contributed by atoms with Crippen molar-refractivity contribution in [2.75, 3.05) is 5.32 Å². The molecule has 2 aromatic heterocycles. The van der Waals surface area contributed by atoms with Crippen LogP contribution in [-0.4, -0.2) is 26.1 Å². The Kier molecular flexibility index (Phi) is 3.83. The van der Waals surface area contributed by atoms with Crippen molar-refractivity contribution in [2.45, 2.75) is 6.54 Å². The van der Waals surface area contributed by atoms with Crippen molar-refractivity contribution in [3.05, 3.63) is 78.0 Å². The fraction of sp³-hybridized carbons (Fsp3) is 0.0476. The molecule has 0 atom stereocenters. The molecule has 0 saturated carbocycles. The van der Waals surface area contributed by atoms with Crippen molar-refractivity contribution in [1.29, 1.82) is 0 Å². The Morgan fingerprint density at radius 1 is 0.964 bits per heavy atom. The molecule has 4 aromatic rings. The zero-order valence-corrected chi connectivity index (χ0v) is 14.8. The molecule has 3 heterocycles. The Labute approximate surface area is 160 Å². The SMILES string of the molecule is O=C1NCc2cc(Nc3n[nH]c(-c4ccc(-c5ccccn5)cc4)n3)ccc21. The predicted molar refractivity (Wildman–Crippen MR) is 106 cm³/mol. The van der Waals surface area contributed by atoms with Crippen LogP contribution in [0, 0.1) is 0 Å². The molecule has 5 rings (SSSR count). The zero-order chi connectivity index (χ0) is 18.9. The summed E-state index contributed by atoms with van der Waals surface area (Å²) in [4.78, 5) is 20.5. The quantitative estimate of drug-likeness (QED) is 0.512. The first-order valence-electron chi connectivity index (χ1n) is 8.89. The fourth-order valence-electron chi connectivity index (χ4n) is 3.22. The predicted octanol–water partition coefficient (Wildman–Crippen LogP) is 3.52. The first-order valence-corrected chi connectivity index (χ1v) is 8.89. The van der Waals surface area contributed by atoms with Crippen LogP contribution < -0.4 is 10.6 Å². The monoisotopic (exact) mass is 368 g/mol. The molecule has 0 radical (unpaired) electrons. The van der Waals surface area contributed by atoms with Gasteiger partial charge in [-0.25, -0.2) is 0 Å². The topological polar surface area (TPSA) is 95.6 Å². The first kappa shape index (κ1) is 16.2. The van der Waals surface area contributed by atoms with Crippen LogP contribution >= 0.6 is 0 Å². The van der Waals surface area contributed by atoms with Crippen LogP contribution in [0.1, 0.15) is 15.9 Å². The van der Waals surface area contributed by atoms with E-state index in [1.165, 1.54) is 0 Å². The Morgan fingerprint density at radius 2 is 1.82 bits per heavy atom. The molecule has 0 saturated heterocycles. The largest absolute Gasteiger partial charge is 0.348 e. The number of aromatic nitrogens is 4. The van der Waals surface area contributed by atoms with Gasteiger partial charge in [-0.3, -0.25) is 14.9 Å². The third-order valence-electron chi connectivity index (χ3n) is 4.65. The summed E-state index contributed by atoms with van der Waals surface area (Å²) in [7, 11) is 0. The van der Waals surface area contributed by atoms with Gasteiger partial charge >= 0.3 is 0 Å². The number of nitrogens with zero attached hydrogens (tertiary/aromatic N) is 3. The Morgan fingerprint density at radius 3 is 2.64 bits per heavy atom. The minimum Gasteiger partial charge on any atom is -0.348 e. The maximum atomic E-state index is 11.6. The summed E-state index contributed by atoms with van der Waals surface area (Å²) < 4.78 is 0. The van der Waals surface area contributed by atoms with Crippen molar-refractivity contribution in [2.24, 2.45) is 0 Å². The molecular formula is C21H16N6O. The second kappa shape index (κ2) is 6.62. The molecule has 2 aromatic carbocycles. The Bertz CT molecular complexity index is 1150. The van der Waals surface area contributed by atoms with Crippen molar-refractivity contribution in [3.63, 3.8) is 0 Å². The van der Waals surface area contributed by atoms with E-state index >= 15 is 0 Å². The lowest BCUT2D eigenvalue weighted by Crippen LogP contribution is -2.12. The number of fused-ring (bicyclic) bond motifs is 1.